The molecule has 0 saturated carbocycles. The fraction of sp³-hybridized carbons (Fsp3) is 0.480. The summed E-state index contributed by atoms with van der Waals surface area (Å²) in [6.45, 7) is 7.23. The van der Waals surface area contributed by atoms with Gasteiger partial charge in [-0.2, -0.15) is 0 Å². The molecule has 0 atom stereocenters. The number of aromatic nitrogens is 2. The van der Waals surface area contributed by atoms with Gasteiger partial charge in [-0.15, -0.1) is 0 Å². The Hall–Kier alpha value is -2.33. The predicted molar refractivity (Wildman–Crippen MR) is 119 cm³/mol. The van der Waals surface area contributed by atoms with Gasteiger partial charge in [-0.25, -0.2) is 4.98 Å². The fourth-order valence-electron chi connectivity index (χ4n) is 4.19. The third kappa shape index (κ3) is 5.39. The monoisotopic (exact) mass is 391 g/mol. The summed E-state index contributed by atoms with van der Waals surface area (Å²) in [4.78, 5) is 7.57. The van der Waals surface area contributed by atoms with Gasteiger partial charge in [0.15, 0.2) is 0 Å². The van der Waals surface area contributed by atoms with Crippen LogP contribution in [0.15, 0.2) is 48.5 Å². The maximum atomic E-state index is 5.90. The Labute approximate surface area is 174 Å². The molecule has 2 aromatic carbocycles. The van der Waals surface area contributed by atoms with Gasteiger partial charge in [-0.3, -0.25) is 4.90 Å². The number of ether oxygens (including phenoxy) is 1. The highest BCUT2D eigenvalue weighted by atomic mass is 16.5. The lowest BCUT2D eigenvalue weighted by atomic mass is 10.2. The maximum absolute atomic E-state index is 5.90. The Morgan fingerprint density at radius 3 is 2.45 bits per heavy atom. The molecule has 29 heavy (non-hydrogen) atoms. The summed E-state index contributed by atoms with van der Waals surface area (Å²) in [6.07, 6.45) is 7.51. The van der Waals surface area contributed by atoms with Crippen LogP contribution in [0.1, 0.15) is 49.9 Å². The van der Waals surface area contributed by atoms with Crippen LogP contribution in [0.3, 0.4) is 0 Å². The van der Waals surface area contributed by atoms with E-state index in [1.807, 2.05) is 0 Å². The standard InChI is InChI=1S/C25H33N3O/c1-21-12-14-22(15-13-21)29-19-9-8-18-28-24-11-5-4-10-23(24)26-25(28)20-27-16-6-2-3-7-17-27/h4-5,10-15H,2-3,6-9,16-20H2,1H3. The summed E-state index contributed by atoms with van der Waals surface area (Å²) < 4.78 is 8.34. The topological polar surface area (TPSA) is 30.3 Å². The Morgan fingerprint density at radius 2 is 1.66 bits per heavy atom. The SMILES string of the molecule is Cc1ccc(OCCCCn2c(CN3CCCCCC3)nc3ccccc32)cc1. The number of fused-ring (bicyclic) bond motifs is 1. The Bertz CT molecular complexity index is 892. The van der Waals surface area contributed by atoms with Crippen molar-refractivity contribution in [1.82, 2.24) is 14.5 Å². The number of nitrogens with zero attached hydrogens (tertiary/aromatic N) is 3. The van der Waals surface area contributed by atoms with Crippen molar-refractivity contribution in [2.45, 2.75) is 58.5 Å². The first-order chi connectivity index (χ1) is 14.3. The molecule has 1 aliphatic heterocycles. The molecular formula is C25H33N3O. The van der Waals surface area contributed by atoms with Crippen LogP contribution in [0.4, 0.5) is 0 Å². The molecule has 154 valence electrons. The second-order valence-electron chi connectivity index (χ2n) is 8.23. The molecule has 0 radical (unpaired) electrons. The van der Waals surface area contributed by atoms with Crippen LogP contribution in [0, 0.1) is 6.92 Å². The van der Waals surface area contributed by atoms with E-state index in [2.05, 4.69) is 64.9 Å². The molecule has 0 spiro atoms. The molecule has 4 heteroatoms. The smallest absolute Gasteiger partial charge is 0.124 e. The molecule has 3 aromatic rings. The lowest BCUT2D eigenvalue weighted by molar-refractivity contribution is 0.265. The highest BCUT2D eigenvalue weighted by Crippen LogP contribution is 2.20. The molecule has 0 aliphatic carbocycles. The Balaban J connectivity index is 1.36. The van der Waals surface area contributed by atoms with E-state index in [1.54, 1.807) is 0 Å². The second kappa shape index (κ2) is 9.93. The zero-order chi connectivity index (χ0) is 19.9. The van der Waals surface area contributed by atoms with Crippen molar-refractivity contribution < 1.29 is 4.74 Å². The van der Waals surface area contributed by atoms with Crippen LogP contribution in [-0.4, -0.2) is 34.1 Å². The molecule has 1 aromatic heterocycles. The normalized spacial score (nSPS) is 15.5. The van der Waals surface area contributed by atoms with Crippen LogP contribution in [-0.2, 0) is 13.1 Å². The van der Waals surface area contributed by atoms with E-state index in [0.29, 0.717) is 0 Å². The number of unbranched alkanes of at least 4 members (excludes halogenated alkanes) is 1. The van der Waals surface area contributed by atoms with Crippen molar-refractivity contribution in [1.29, 1.82) is 0 Å². The van der Waals surface area contributed by atoms with Crippen molar-refractivity contribution in [3.63, 3.8) is 0 Å². The first kappa shape index (κ1) is 20.0. The lowest BCUT2D eigenvalue weighted by Crippen LogP contribution is -2.26. The third-order valence-electron chi connectivity index (χ3n) is 5.86. The predicted octanol–water partition coefficient (Wildman–Crippen LogP) is 5.58. The van der Waals surface area contributed by atoms with Gasteiger partial charge in [0.25, 0.3) is 0 Å². The number of hydrogen-bond acceptors (Lipinski definition) is 3. The minimum atomic E-state index is 0.761. The van der Waals surface area contributed by atoms with E-state index in [1.165, 1.54) is 55.7 Å². The molecule has 0 amide bonds. The molecule has 4 nitrogen and oxygen atoms in total. The summed E-state index contributed by atoms with van der Waals surface area (Å²) in [5, 5.41) is 0. The largest absolute Gasteiger partial charge is 0.494 e. The first-order valence-corrected chi connectivity index (χ1v) is 11.2. The van der Waals surface area contributed by atoms with Crippen LogP contribution in [0.5, 0.6) is 5.75 Å². The van der Waals surface area contributed by atoms with Gasteiger partial charge in [0.2, 0.25) is 0 Å². The number of hydrogen-bond donors (Lipinski definition) is 0. The second-order valence-corrected chi connectivity index (χ2v) is 8.23. The number of aryl methyl sites for hydroxylation is 2. The molecule has 0 N–H and O–H groups in total. The number of para-hydroxylation sites is 2. The van der Waals surface area contributed by atoms with Gasteiger partial charge in [0.05, 0.1) is 24.2 Å². The zero-order valence-corrected chi connectivity index (χ0v) is 17.6. The number of imidazole rings is 1. The van der Waals surface area contributed by atoms with Gasteiger partial charge in [-0.1, -0.05) is 42.7 Å². The molecule has 1 fully saturated rings. The van der Waals surface area contributed by atoms with Crippen molar-refractivity contribution in [3.8, 4) is 5.75 Å². The van der Waals surface area contributed by atoms with Crippen LogP contribution in [0.2, 0.25) is 0 Å². The van der Waals surface area contributed by atoms with E-state index in [-0.39, 0.29) is 0 Å². The molecule has 4 rings (SSSR count). The first-order valence-electron chi connectivity index (χ1n) is 11.2. The van der Waals surface area contributed by atoms with Gasteiger partial charge < -0.3 is 9.30 Å². The van der Waals surface area contributed by atoms with E-state index in [0.717, 1.165) is 43.8 Å². The highest BCUT2D eigenvalue weighted by molar-refractivity contribution is 5.75. The molecule has 1 aliphatic rings. The minimum Gasteiger partial charge on any atom is -0.494 e. The highest BCUT2D eigenvalue weighted by Gasteiger charge is 2.15. The Morgan fingerprint density at radius 1 is 0.897 bits per heavy atom. The van der Waals surface area contributed by atoms with Crippen molar-refractivity contribution in [2.75, 3.05) is 19.7 Å². The van der Waals surface area contributed by atoms with Crippen LogP contribution < -0.4 is 4.74 Å². The minimum absolute atomic E-state index is 0.761. The summed E-state index contributed by atoms with van der Waals surface area (Å²) >= 11 is 0. The summed E-state index contributed by atoms with van der Waals surface area (Å²) in [6, 6.07) is 16.9. The van der Waals surface area contributed by atoms with E-state index < -0.39 is 0 Å². The molecule has 0 unspecified atom stereocenters. The average Bonchev–Trinajstić information content (AvgIpc) is 2.89. The van der Waals surface area contributed by atoms with Gasteiger partial charge in [-0.05, 0) is 70.0 Å². The lowest BCUT2D eigenvalue weighted by Gasteiger charge is -2.20. The van der Waals surface area contributed by atoms with Gasteiger partial charge in [0.1, 0.15) is 11.6 Å². The number of likely N-dealkylation sites (tertiary alicyclic amines) is 1. The summed E-state index contributed by atoms with van der Waals surface area (Å²) in [5.74, 6) is 2.18. The van der Waals surface area contributed by atoms with Gasteiger partial charge >= 0.3 is 0 Å². The number of benzene rings is 2. The van der Waals surface area contributed by atoms with E-state index in [4.69, 9.17) is 9.72 Å². The maximum Gasteiger partial charge on any atom is 0.124 e. The molecule has 2 heterocycles. The quantitative estimate of drug-likeness (QED) is 0.470. The van der Waals surface area contributed by atoms with E-state index in [9.17, 15) is 0 Å². The third-order valence-corrected chi connectivity index (χ3v) is 5.86. The summed E-state index contributed by atoms with van der Waals surface area (Å²) in [5.41, 5.74) is 3.64. The van der Waals surface area contributed by atoms with Crippen LogP contribution in [0.25, 0.3) is 11.0 Å². The average molecular weight is 392 g/mol. The van der Waals surface area contributed by atoms with E-state index >= 15 is 0 Å². The molecule has 1 saturated heterocycles. The van der Waals surface area contributed by atoms with Crippen molar-refractivity contribution in [2.24, 2.45) is 0 Å². The van der Waals surface area contributed by atoms with Gasteiger partial charge in [0, 0.05) is 6.54 Å². The Kier molecular flexibility index (Phi) is 6.83. The fourth-order valence-corrected chi connectivity index (χ4v) is 4.19. The van der Waals surface area contributed by atoms with Crippen molar-refractivity contribution >= 4 is 11.0 Å². The molecular weight excluding hydrogens is 358 g/mol. The number of rotatable bonds is 8. The molecule has 0 bridgehead atoms. The summed E-state index contributed by atoms with van der Waals surface area (Å²) in [7, 11) is 0. The van der Waals surface area contributed by atoms with Crippen LogP contribution >= 0.6 is 0 Å². The van der Waals surface area contributed by atoms with Crippen molar-refractivity contribution in [3.05, 3.63) is 59.9 Å². The zero-order valence-electron chi connectivity index (χ0n) is 17.6.